The fraction of sp³-hybridized carbons (Fsp3) is 0.385. The molecule has 2 aromatic carbocycles. The third-order valence-corrected chi connectivity index (χ3v) is 10.4. The van der Waals surface area contributed by atoms with Crippen molar-refractivity contribution in [2.24, 2.45) is 10.2 Å². The van der Waals surface area contributed by atoms with Crippen LogP contribution in [0.15, 0.2) is 51.6 Å². The molecule has 0 saturated carbocycles. The number of aryl methyl sites for hydroxylation is 2. The van der Waals surface area contributed by atoms with Crippen LogP contribution in [-0.4, -0.2) is 75.4 Å². The van der Waals surface area contributed by atoms with E-state index < -0.39 is 31.1 Å². The number of anilines is 5. The molecule has 15 nitrogen and oxygen atoms in total. The predicted molar refractivity (Wildman–Crippen MR) is 182 cm³/mol. The Morgan fingerprint density at radius 3 is 1.86 bits per heavy atom. The lowest BCUT2D eigenvalue weighted by molar-refractivity contribution is -0.0435. The lowest BCUT2D eigenvalue weighted by Gasteiger charge is -2.28. The van der Waals surface area contributed by atoms with E-state index in [0.29, 0.717) is 23.8 Å². The monoisotopic (exact) mass is 801 g/mol. The zero-order valence-corrected chi connectivity index (χ0v) is 29.7. The summed E-state index contributed by atoms with van der Waals surface area (Å²) in [6, 6.07) is 7.30. The second-order valence-electron chi connectivity index (χ2n) is 10.7. The highest BCUT2D eigenvalue weighted by molar-refractivity contribution is 7.93. The highest BCUT2D eigenvalue weighted by Crippen LogP contribution is 2.39. The van der Waals surface area contributed by atoms with Crippen LogP contribution < -0.4 is 25.0 Å². The van der Waals surface area contributed by atoms with Crippen LogP contribution in [0.3, 0.4) is 0 Å². The standard InChI is InChI=1S/C13H13F3N6O2S2.C11H13F3N2O2S.C2H3N3S/c1-22-4-2-3-8-5-9(18-20-12-19-17-7-25-12)10(6-11(8)22)21-26(23,24)13(14,15)16;1-16-6-2-3-8-4-5-9(7-10(8)16)15-19(17,18)11(12,13)14;3-2-5-4-1-6-2/h5-7,21H,2-4H2,1H3;4-5,7,15H,2-3,6H2,1H3;1H,(H2,3,5). The first-order valence-corrected chi connectivity index (χ1v) is 19.1. The van der Waals surface area contributed by atoms with Crippen molar-refractivity contribution in [2.75, 3.05) is 52.2 Å². The molecule has 0 spiro atoms. The van der Waals surface area contributed by atoms with Gasteiger partial charge in [-0.05, 0) is 61.1 Å². The molecule has 0 fully saturated rings. The van der Waals surface area contributed by atoms with Gasteiger partial charge in [0.05, 0.1) is 11.4 Å². The van der Waals surface area contributed by atoms with Crippen molar-refractivity contribution in [1.82, 2.24) is 20.4 Å². The van der Waals surface area contributed by atoms with Crippen molar-refractivity contribution in [3.8, 4) is 0 Å². The number of halogens is 6. The first-order chi connectivity index (χ1) is 23.8. The number of aromatic nitrogens is 4. The van der Waals surface area contributed by atoms with E-state index in [1.807, 2.05) is 16.8 Å². The van der Waals surface area contributed by atoms with E-state index in [9.17, 15) is 43.2 Å². The van der Waals surface area contributed by atoms with Crippen LogP contribution in [0.4, 0.5) is 65.0 Å². The summed E-state index contributed by atoms with van der Waals surface area (Å²) >= 11 is 2.42. The van der Waals surface area contributed by atoms with E-state index in [2.05, 4.69) is 30.6 Å². The van der Waals surface area contributed by atoms with Crippen molar-refractivity contribution in [3.05, 3.63) is 52.5 Å². The molecule has 0 amide bonds. The summed E-state index contributed by atoms with van der Waals surface area (Å²) in [6.45, 7) is 1.51. The first-order valence-electron chi connectivity index (χ1n) is 14.4. The van der Waals surface area contributed by atoms with Gasteiger partial charge in [-0.1, -0.05) is 28.7 Å². The Morgan fingerprint density at radius 2 is 1.33 bits per heavy atom. The number of fused-ring (bicyclic) bond motifs is 2. The fourth-order valence-electron chi connectivity index (χ4n) is 4.69. The van der Waals surface area contributed by atoms with Gasteiger partial charge in [0.2, 0.25) is 5.13 Å². The maximum absolute atomic E-state index is 12.7. The minimum atomic E-state index is -5.58. The number of sulfonamides is 2. The smallest absolute Gasteiger partial charge is 0.374 e. The molecule has 4 aromatic rings. The van der Waals surface area contributed by atoms with Crippen LogP contribution >= 0.6 is 22.7 Å². The molecule has 6 rings (SSSR count). The van der Waals surface area contributed by atoms with Gasteiger partial charge in [-0.2, -0.15) is 43.2 Å². The number of rotatable bonds is 6. The fourth-order valence-corrected chi connectivity index (χ4v) is 6.48. The Morgan fingerprint density at radius 1 is 0.765 bits per heavy atom. The largest absolute Gasteiger partial charge is 0.516 e. The van der Waals surface area contributed by atoms with Crippen molar-refractivity contribution < 1.29 is 43.2 Å². The predicted octanol–water partition coefficient (Wildman–Crippen LogP) is 6.05. The minimum absolute atomic E-state index is 0.0259. The summed E-state index contributed by atoms with van der Waals surface area (Å²) in [7, 11) is -7.35. The quantitative estimate of drug-likeness (QED) is 0.151. The number of alkyl halides is 6. The maximum atomic E-state index is 12.7. The first kappa shape index (κ1) is 39.4. The average molecular weight is 802 g/mol. The summed E-state index contributed by atoms with van der Waals surface area (Å²) < 4.78 is 123. The molecule has 2 aliphatic heterocycles. The van der Waals surface area contributed by atoms with Crippen molar-refractivity contribution in [2.45, 2.75) is 36.7 Å². The Kier molecular flexibility index (Phi) is 12.3. The van der Waals surface area contributed by atoms with Gasteiger partial charge in [0.15, 0.2) is 0 Å². The summed E-state index contributed by atoms with van der Waals surface area (Å²) in [4.78, 5) is 3.74. The number of nitrogens with two attached hydrogens (primary N) is 1. The van der Waals surface area contributed by atoms with E-state index in [-0.39, 0.29) is 22.2 Å². The average Bonchev–Trinajstić information content (AvgIpc) is 3.74. The molecule has 2 aromatic heterocycles. The van der Waals surface area contributed by atoms with E-state index in [4.69, 9.17) is 5.73 Å². The number of hydrogen-bond donors (Lipinski definition) is 3. The molecule has 0 aliphatic carbocycles. The van der Waals surface area contributed by atoms with Crippen molar-refractivity contribution in [1.29, 1.82) is 0 Å². The van der Waals surface area contributed by atoms with Gasteiger partial charge in [0.25, 0.3) is 5.13 Å². The summed E-state index contributed by atoms with van der Waals surface area (Å²) in [5, 5.41) is 22.5. The van der Waals surface area contributed by atoms with Crippen LogP contribution in [0.2, 0.25) is 0 Å². The molecule has 4 N–H and O–H groups in total. The highest BCUT2D eigenvalue weighted by Gasteiger charge is 2.47. The number of nitrogens with zero attached hydrogens (tertiary/aromatic N) is 8. The molecule has 278 valence electrons. The molecule has 0 unspecified atom stereocenters. The molecule has 0 radical (unpaired) electrons. The minimum Gasteiger partial charge on any atom is -0.374 e. The van der Waals surface area contributed by atoms with E-state index in [1.165, 1.54) is 41.1 Å². The Bertz CT molecular complexity index is 2030. The van der Waals surface area contributed by atoms with Crippen molar-refractivity contribution >= 4 is 81.4 Å². The third kappa shape index (κ3) is 10.4. The Labute approximate surface area is 295 Å². The zero-order chi connectivity index (χ0) is 37.6. The van der Waals surface area contributed by atoms with Crippen LogP contribution in [0.1, 0.15) is 24.0 Å². The molecule has 0 atom stereocenters. The molecule has 51 heavy (non-hydrogen) atoms. The Hall–Kier alpha value is -4.36. The van der Waals surface area contributed by atoms with E-state index in [1.54, 1.807) is 28.1 Å². The molecule has 2 aliphatic rings. The van der Waals surface area contributed by atoms with Gasteiger partial charge >= 0.3 is 31.1 Å². The van der Waals surface area contributed by atoms with Crippen LogP contribution in [0.25, 0.3) is 0 Å². The van der Waals surface area contributed by atoms with Gasteiger partial charge in [-0.15, -0.1) is 30.6 Å². The molecule has 0 bridgehead atoms. The van der Waals surface area contributed by atoms with E-state index >= 15 is 0 Å². The topological polar surface area (TPSA) is 201 Å². The van der Waals surface area contributed by atoms with Gasteiger partial charge in [-0.3, -0.25) is 9.44 Å². The Balaban J connectivity index is 0.000000203. The number of azo groups is 1. The number of nitrogen functional groups attached to an aromatic ring is 1. The lowest BCUT2D eigenvalue weighted by atomic mass is 10.0. The van der Waals surface area contributed by atoms with Gasteiger partial charge in [-0.25, -0.2) is 0 Å². The van der Waals surface area contributed by atoms with Crippen molar-refractivity contribution in [3.63, 3.8) is 0 Å². The van der Waals surface area contributed by atoms with Gasteiger partial charge in [0.1, 0.15) is 16.7 Å². The molecule has 4 heterocycles. The van der Waals surface area contributed by atoms with Gasteiger partial charge < -0.3 is 15.5 Å². The highest BCUT2D eigenvalue weighted by atomic mass is 32.2. The number of hydrogen-bond acceptors (Lipinski definition) is 15. The molecular formula is C26H29F6N11O4S4. The summed E-state index contributed by atoms with van der Waals surface area (Å²) in [6.07, 6.45) is 3.38. The number of nitrogens with one attached hydrogen (secondary N) is 2. The lowest BCUT2D eigenvalue weighted by Crippen LogP contribution is -2.30. The second kappa shape index (κ2) is 15.9. The van der Waals surface area contributed by atoms with Crippen LogP contribution in [-0.2, 0) is 32.9 Å². The molecule has 25 heteroatoms. The SMILES string of the molecule is CN1CCCc2cc(N=Nc3nncs3)c(NS(=O)(=O)C(F)(F)F)cc21.CN1CCCc2ccc(NS(=O)(=O)C(F)(F)F)cc21.Nc1nncs1. The third-order valence-electron chi connectivity index (χ3n) is 7.06. The number of benzene rings is 2. The van der Waals surface area contributed by atoms with Gasteiger partial charge in [0, 0.05) is 38.6 Å². The maximum Gasteiger partial charge on any atom is 0.516 e. The van der Waals surface area contributed by atoms with Crippen LogP contribution in [0, 0.1) is 0 Å². The zero-order valence-electron chi connectivity index (χ0n) is 26.5. The normalized spacial score (nSPS) is 14.8. The second-order valence-corrected chi connectivity index (χ2v) is 15.7. The molecular weight excluding hydrogens is 773 g/mol. The van der Waals surface area contributed by atoms with E-state index in [0.717, 1.165) is 54.0 Å². The molecule has 0 saturated heterocycles. The van der Waals surface area contributed by atoms with Crippen LogP contribution in [0.5, 0.6) is 0 Å². The summed E-state index contributed by atoms with van der Waals surface area (Å²) in [5.41, 5.74) is 0.228. The summed E-state index contributed by atoms with van der Waals surface area (Å²) in [5.74, 6) is 0.